The van der Waals surface area contributed by atoms with Gasteiger partial charge in [0.15, 0.2) is 6.29 Å². The summed E-state index contributed by atoms with van der Waals surface area (Å²) in [6.45, 7) is 3.84. The van der Waals surface area contributed by atoms with E-state index in [4.69, 9.17) is 9.47 Å². The molecule has 1 fully saturated rings. The summed E-state index contributed by atoms with van der Waals surface area (Å²) in [6.07, 6.45) is 66.6. The van der Waals surface area contributed by atoms with E-state index in [2.05, 4.69) is 55.6 Å². The highest BCUT2D eigenvalue weighted by molar-refractivity contribution is 5.76. The first-order valence-electron chi connectivity index (χ1n) is 32.7. The van der Waals surface area contributed by atoms with Crippen LogP contribution in [0.1, 0.15) is 322 Å². The second-order valence-electron chi connectivity index (χ2n) is 22.9. The lowest BCUT2D eigenvalue weighted by atomic mass is 9.99. The largest absolute Gasteiger partial charge is 0.394 e. The predicted molar refractivity (Wildman–Crippen MR) is 318 cm³/mol. The SMILES string of the molecule is CCCCCCC/C=C\C/C=C\C/C=C\CCCCCCCCCCCCCCCCCCCCCCCCCCCCC(=O)NC(COC1OC(CO)C(O)C(O)C1O)C(O)CCCCCCCCCCCCC. The third kappa shape index (κ3) is 44.9. The normalized spacial score (nSPS) is 19.1. The smallest absolute Gasteiger partial charge is 0.220 e. The van der Waals surface area contributed by atoms with Gasteiger partial charge in [-0.15, -0.1) is 0 Å². The minimum absolute atomic E-state index is 0.134. The van der Waals surface area contributed by atoms with E-state index in [1.54, 1.807) is 0 Å². The van der Waals surface area contributed by atoms with Gasteiger partial charge in [0.25, 0.3) is 0 Å². The highest BCUT2D eigenvalue weighted by Gasteiger charge is 2.44. The average molecular weight is 1060 g/mol. The van der Waals surface area contributed by atoms with Crippen molar-refractivity contribution in [1.29, 1.82) is 0 Å². The molecule has 0 aromatic carbocycles. The van der Waals surface area contributed by atoms with Crippen LogP contribution in [0.5, 0.6) is 0 Å². The second kappa shape index (κ2) is 55.7. The number of nitrogens with one attached hydrogen (secondary N) is 1. The van der Waals surface area contributed by atoms with Crippen LogP contribution >= 0.6 is 0 Å². The molecular formula is C66H125NO8. The highest BCUT2D eigenvalue weighted by Crippen LogP contribution is 2.24. The van der Waals surface area contributed by atoms with Crippen molar-refractivity contribution in [2.24, 2.45) is 0 Å². The van der Waals surface area contributed by atoms with Crippen LogP contribution in [0, 0.1) is 0 Å². The minimum Gasteiger partial charge on any atom is -0.394 e. The predicted octanol–water partition coefficient (Wildman–Crippen LogP) is 17.1. The van der Waals surface area contributed by atoms with Gasteiger partial charge in [0.05, 0.1) is 25.4 Å². The first-order valence-corrected chi connectivity index (χ1v) is 32.7. The van der Waals surface area contributed by atoms with Gasteiger partial charge in [0, 0.05) is 6.42 Å². The molecule has 6 N–H and O–H groups in total. The van der Waals surface area contributed by atoms with Gasteiger partial charge in [0.1, 0.15) is 24.4 Å². The summed E-state index contributed by atoms with van der Waals surface area (Å²) in [4.78, 5) is 13.1. The number of unbranched alkanes of at least 4 members (excludes halogenated alkanes) is 41. The number of carbonyl (C=O) groups is 1. The van der Waals surface area contributed by atoms with Crippen molar-refractivity contribution in [2.75, 3.05) is 13.2 Å². The fraction of sp³-hybridized carbons (Fsp3) is 0.894. The summed E-state index contributed by atoms with van der Waals surface area (Å²) in [5, 5.41) is 54.6. The number of ether oxygens (including phenoxy) is 2. The monoisotopic (exact) mass is 1060 g/mol. The molecule has 442 valence electrons. The van der Waals surface area contributed by atoms with Crippen molar-refractivity contribution < 1.29 is 39.8 Å². The molecule has 0 aliphatic carbocycles. The summed E-state index contributed by atoms with van der Waals surface area (Å²) in [7, 11) is 0. The molecule has 0 bridgehead atoms. The van der Waals surface area contributed by atoms with Crippen LogP contribution in [-0.2, 0) is 14.3 Å². The zero-order valence-electron chi connectivity index (χ0n) is 49.3. The van der Waals surface area contributed by atoms with E-state index >= 15 is 0 Å². The number of amides is 1. The van der Waals surface area contributed by atoms with Gasteiger partial charge < -0.3 is 40.3 Å². The summed E-state index contributed by atoms with van der Waals surface area (Å²) in [6, 6.07) is -0.715. The molecular weight excluding hydrogens is 935 g/mol. The molecule has 1 heterocycles. The molecule has 7 atom stereocenters. The standard InChI is InChI=1S/C66H125NO8/c1-3-5-7-9-11-13-15-16-17-18-19-20-21-22-23-24-25-26-27-28-29-30-31-32-33-34-35-36-37-38-39-40-41-42-43-44-46-48-50-52-54-56-62(70)67-59(58-74-66-65(73)64(72)63(71)61(57-68)75-66)60(69)55-53-51-49-47-45-14-12-10-8-6-4-2/h15-16,18-19,21-22,59-61,63-66,68-69,71-73H,3-14,17,20,23-58H2,1-2H3,(H,67,70)/b16-15-,19-18-,22-21-. The molecule has 0 aromatic heterocycles. The Labute approximate surface area is 463 Å². The molecule has 1 rings (SSSR count). The van der Waals surface area contributed by atoms with Crippen LogP contribution in [0.15, 0.2) is 36.5 Å². The Bertz CT molecular complexity index is 1270. The fourth-order valence-electron chi connectivity index (χ4n) is 10.6. The number of allylic oxidation sites excluding steroid dienone is 6. The van der Waals surface area contributed by atoms with Crippen molar-refractivity contribution in [3.8, 4) is 0 Å². The zero-order chi connectivity index (χ0) is 54.3. The molecule has 1 aliphatic heterocycles. The number of aliphatic hydroxyl groups excluding tert-OH is 5. The first kappa shape index (κ1) is 71.4. The molecule has 0 spiro atoms. The molecule has 0 saturated carbocycles. The number of hydrogen-bond acceptors (Lipinski definition) is 8. The molecule has 0 aromatic rings. The Morgan fingerprint density at radius 2 is 0.787 bits per heavy atom. The third-order valence-corrected chi connectivity index (χ3v) is 15.7. The van der Waals surface area contributed by atoms with Crippen molar-refractivity contribution >= 4 is 5.91 Å². The van der Waals surface area contributed by atoms with Gasteiger partial charge in [-0.2, -0.15) is 0 Å². The number of rotatable bonds is 57. The van der Waals surface area contributed by atoms with E-state index in [9.17, 15) is 30.3 Å². The molecule has 9 nitrogen and oxygen atoms in total. The topological polar surface area (TPSA) is 149 Å². The molecule has 1 saturated heterocycles. The van der Waals surface area contributed by atoms with Crippen molar-refractivity contribution in [2.45, 2.75) is 365 Å². The van der Waals surface area contributed by atoms with Crippen LogP contribution < -0.4 is 5.32 Å². The number of hydrogen-bond donors (Lipinski definition) is 6. The maximum atomic E-state index is 13.1. The lowest BCUT2D eigenvalue weighted by molar-refractivity contribution is -0.302. The first-order chi connectivity index (χ1) is 36.8. The molecule has 7 unspecified atom stereocenters. The summed E-state index contributed by atoms with van der Waals surface area (Å²) in [5.74, 6) is -0.140. The van der Waals surface area contributed by atoms with Gasteiger partial charge in [-0.3, -0.25) is 4.79 Å². The summed E-state index contributed by atoms with van der Waals surface area (Å²) < 4.78 is 11.3. The van der Waals surface area contributed by atoms with E-state index in [-0.39, 0.29) is 12.5 Å². The van der Waals surface area contributed by atoms with Crippen LogP contribution in [0.2, 0.25) is 0 Å². The van der Waals surface area contributed by atoms with Crippen LogP contribution in [0.25, 0.3) is 0 Å². The maximum absolute atomic E-state index is 13.1. The molecule has 9 heteroatoms. The lowest BCUT2D eigenvalue weighted by Gasteiger charge is -2.40. The van der Waals surface area contributed by atoms with Gasteiger partial charge in [-0.25, -0.2) is 0 Å². The molecule has 1 amide bonds. The zero-order valence-corrected chi connectivity index (χ0v) is 49.3. The van der Waals surface area contributed by atoms with Gasteiger partial charge >= 0.3 is 0 Å². The van der Waals surface area contributed by atoms with E-state index < -0.39 is 49.5 Å². The quantitative estimate of drug-likeness (QED) is 0.0261. The summed E-state index contributed by atoms with van der Waals surface area (Å²) >= 11 is 0. The Kier molecular flexibility index (Phi) is 53.1. The van der Waals surface area contributed by atoms with E-state index in [0.29, 0.717) is 12.8 Å². The second-order valence-corrected chi connectivity index (χ2v) is 22.9. The van der Waals surface area contributed by atoms with Gasteiger partial charge in [-0.05, 0) is 51.4 Å². The van der Waals surface area contributed by atoms with Crippen LogP contribution in [0.4, 0.5) is 0 Å². The Hall–Kier alpha value is -1.59. The molecule has 1 aliphatic rings. The number of aliphatic hydroxyl groups is 5. The number of carbonyl (C=O) groups excluding carboxylic acids is 1. The fourth-order valence-corrected chi connectivity index (χ4v) is 10.6. The van der Waals surface area contributed by atoms with Gasteiger partial charge in [0.2, 0.25) is 5.91 Å². The van der Waals surface area contributed by atoms with E-state index in [1.165, 1.54) is 244 Å². The van der Waals surface area contributed by atoms with Gasteiger partial charge in [-0.1, -0.05) is 301 Å². The Morgan fingerprint density at radius 1 is 0.453 bits per heavy atom. The van der Waals surface area contributed by atoms with Crippen molar-refractivity contribution in [3.63, 3.8) is 0 Å². The Balaban J connectivity index is 1.98. The molecule has 0 radical (unpaired) electrons. The van der Waals surface area contributed by atoms with E-state index in [1.807, 2.05) is 0 Å². The lowest BCUT2D eigenvalue weighted by Crippen LogP contribution is -2.60. The average Bonchev–Trinajstić information content (AvgIpc) is 3.41. The van der Waals surface area contributed by atoms with Crippen LogP contribution in [-0.4, -0.2) is 87.5 Å². The molecule has 75 heavy (non-hydrogen) atoms. The maximum Gasteiger partial charge on any atom is 0.220 e. The van der Waals surface area contributed by atoms with Crippen LogP contribution in [0.3, 0.4) is 0 Å². The minimum atomic E-state index is -1.55. The van der Waals surface area contributed by atoms with E-state index in [0.717, 1.165) is 51.4 Å². The van der Waals surface area contributed by atoms with Crippen molar-refractivity contribution in [3.05, 3.63) is 36.5 Å². The summed E-state index contributed by atoms with van der Waals surface area (Å²) in [5.41, 5.74) is 0. The third-order valence-electron chi connectivity index (χ3n) is 15.7. The highest BCUT2D eigenvalue weighted by atomic mass is 16.7. The van der Waals surface area contributed by atoms with Crippen molar-refractivity contribution in [1.82, 2.24) is 5.32 Å². The Morgan fingerprint density at radius 3 is 1.16 bits per heavy atom.